The molecule has 6 aromatic rings. The SMILES string of the molecule is CNC(=O)[C@H](Cc1ccc(-c2ccccc2)nc1)NC(=O)[C@H](Cc1ccc(-c2ccccc2)cc1)NC(=O)CNC(=O)OCC1c2ccccc2-c2ccccc21. The average molecular weight is 758 g/mol. The molecule has 1 heterocycles. The zero-order chi connectivity index (χ0) is 39.6. The highest BCUT2D eigenvalue weighted by atomic mass is 16.5. The summed E-state index contributed by atoms with van der Waals surface area (Å²) in [4.78, 5) is 57.9. The second-order valence-corrected chi connectivity index (χ2v) is 13.9. The van der Waals surface area contributed by atoms with Crippen molar-refractivity contribution in [2.45, 2.75) is 30.8 Å². The molecule has 4 amide bonds. The molecule has 0 fully saturated rings. The van der Waals surface area contributed by atoms with Crippen LogP contribution in [0, 0.1) is 0 Å². The van der Waals surface area contributed by atoms with Crippen LogP contribution in [0.5, 0.6) is 0 Å². The first kappa shape index (κ1) is 38.2. The Morgan fingerprint density at radius 1 is 0.596 bits per heavy atom. The topological polar surface area (TPSA) is 139 Å². The summed E-state index contributed by atoms with van der Waals surface area (Å²) < 4.78 is 5.61. The van der Waals surface area contributed by atoms with E-state index in [9.17, 15) is 19.2 Å². The maximum atomic E-state index is 14.0. The molecule has 0 spiro atoms. The van der Waals surface area contributed by atoms with Crippen LogP contribution in [0.2, 0.25) is 0 Å². The van der Waals surface area contributed by atoms with Gasteiger partial charge in [0.15, 0.2) is 0 Å². The molecule has 57 heavy (non-hydrogen) atoms. The molecule has 0 saturated heterocycles. The predicted molar refractivity (Wildman–Crippen MR) is 220 cm³/mol. The first-order valence-corrected chi connectivity index (χ1v) is 18.9. The Kier molecular flexibility index (Phi) is 12.1. The van der Waals surface area contributed by atoms with Crippen LogP contribution in [0.15, 0.2) is 152 Å². The zero-order valence-electron chi connectivity index (χ0n) is 31.5. The van der Waals surface area contributed by atoms with E-state index in [1.807, 2.05) is 133 Å². The monoisotopic (exact) mass is 757 g/mol. The van der Waals surface area contributed by atoms with E-state index in [1.165, 1.54) is 7.05 Å². The van der Waals surface area contributed by atoms with Crippen molar-refractivity contribution in [3.05, 3.63) is 174 Å². The molecule has 5 aromatic carbocycles. The van der Waals surface area contributed by atoms with Crippen molar-refractivity contribution in [3.63, 3.8) is 0 Å². The fraction of sp³-hybridized carbons (Fsp3) is 0.170. The number of alkyl carbamates (subject to hydrolysis) is 1. The van der Waals surface area contributed by atoms with Gasteiger partial charge in [-0.05, 0) is 50.6 Å². The van der Waals surface area contributed by atoms with E-state index >= 15 is 0 Å². The van der Waals surface area contributed by atoms with Gasteiger partial charge in [0, 0.05) is 37.6 Å². The number of aromatic nitrogens is 1. The second kappa shape index (κ2) is 18.0. The van der Waals surface area contributed by atoms with Gasteiger partial charge in [-0.3, -0.25) is 19.4 Å². The van der Waals surface area contributed by atoms with Crippen molar-refractivity contribution in [3.8, 4) is 33.5 Å². The van der Waals surface area contributed by atoms with Gasteiger partial charge < -0.3 is 26.0 Å². The van der Waals surface area contributed by atoms with Gasteiger partial charge in [-0.2, -0.15) is 0 Å². The Bertz CT molecular complexity index is 2290. The molecule has 0 saturated carbocycles. The molecular formula is C47H43N5O5. The number of hydrogen-bond acceptors (Lipinski definition) is 6. The first-order chi connectivity index (χ1) is 27.9. The summed E-state index contributed by atoms with van der Waals surface area (Å²) in [6.45, 7) is -0.331. The van der Waals surface area contributed by atoms with Crippen LogP contribution < -0.4 is 21.3 Å². The molecule has 2 atom stereocenters. The van der Waals surface area contributed by atoms with Crippen LogP contribution in [0.1, 0.15) is 28.2 Å². The molecule has 0 radical (unpaired) electrons. The third-order valence-corrected chi connectivity index (χ3v) is 10.1. The summed E-state index contributed by atoms with van der Waals surface area (Å²) in [5.41, 5.74) is 9.69. The molecule has 10 heteroatoms. The summed E-state index contributed by atoms with van der Waals surface area (Å²) in [6, 6.07) is 45.2. The molecule has 1 aliphatic rings. The van der Waals surface area contributed by atoms with Gasteiger partial charge in [0.25, 0.3) is 0 Å². The number of nitrogens with one attached hydrogen (secondary N) is 4. The van der Waals surface area contributed by atoms with Crippen LogP contribution in [-0.4, -0.2) is 61.1 Å². The first-order valence-electron chi connectivity index (χ1n) is 18.9. The van der Waals surface area contributed by atoms with Gasteiger partial charge in [0.2, 0.25) is 17.7 Å². The number of pyridine rings is 1. The standard InChI is InChI=1S/C47H43N5O5/c1-48-45(54)42(27-32-22-25-41(49-28-32)35-14-6-3-7-15-35)52-46(55)43(26-31-20-23-34(24-21-31)33-12-4-2-5-13-33)51-44(53)29-50-47(56)57-30-40-38-18-10-8-16-36(38)37-17-9-11-19-39(37)40/h2-25,28,40,42-43H,26-27,29-30H2,1H3,(H,48,54)(H,50,56)(H,51,53)(H,52,55)/t42-,43-/m0/s1. The van der Waals surface area contributed by atoms with E-state index in [0.29, 0.717) is 0 Å². The lowest BCUT2D eigenvalue weighted by Crippen LogP contribution is -2.55. The van der Waals surface area contributed by atoms with Crippen LogP contribution in [0.3, 0.4) is 0 Å². The molecule has 0 unspecified atom stereocenters. The largest absolute Gasteiger partial charge is 0.449 e. The number of carbonyl (C=O) groups excluding carboxylic acids is 4. The molecule has 0 aliphatic heterocycles. The summed E-state index contributed by atoms with van der Waals surface area (Å²) >= 11 is 0. The number of amides is 4. The molecule has 10 nitrogen and oxygen atoms in total. The van der Waals surface area contributed by atoms with Crippen LogP contribution in [-0.2, 0) is 32.0 Å². The highest BCUT2D eigenvalue weighted by Gasteiger charge is 2.30. The summed E-state index contributed by atoms with van der Waals surface area (Å²) in [6.07, 6.45) is 1.23. The van der Waals surface area contributed by atoms with Gasteiger partial charge in [0.05, 0.1) is 5.69 Å². The minimum atomic E-state index is -1.07. The number of benzene rings is 5. The number of ether oxygens (including phenoxy) is 1. The van der Waals surface area contributed by atoms with Crippen molar-refractivity contribution >= 4 is 23.8 Å². The maximum absolute atomic E-state index is 14.0. The maximum Gasteiger partial charge on any atom is 0.407 e. The van der Waals surface area contributed by atoms with Gasteiger partial charge in [-0.15, -0.1) is 0 Å². The number of fused-ring (bicyclic) bond motifs is 3. The number of nitrogens with zero attached hydrogens (tertiary/aromatic N) is 1. The van der Waals surface area contributed by atoms with Crippen LogP contribution in [0.25, 0.3) is 33.5 Å². The molecule has 1 aliphatic carbocycles. The minimum absolute atomic E-state index is 0.0941. The van der Waals surface area contributed by atoms with Crippen LogP contribution >= 0.6 is 0 Å². The fourth-order valence-electron chi connectivity index (χ4n) is 7.17. The van der Waals surface area contributed by atoms with Crippen molar-refractivity contribution in [2.75, 3.05) is 20.2 Å². The Morgan fingerprint density at radius 3 is 1.75 bits per heavy atom. The summed E-state index contributed by atoms with van der Waals surface area (Å²) in [5, 5.41) is 10.8. The Balaban J connectivity index is 1.01. The lowest BCUT2D eigenvalue weighted by atomic mass is 9.98. The van der Waals surface area contributed by atoms with Gasteiger partial charge in [0.1, 0.15) is 25.2 Å². The number of rotatable bonds is 14. The number of hydrogen-bond donors (Lipinski definition) is 4. The van der Waals surface area contributed by atoms with Crippen molar-refractivity contribution in [2.24, 2.45) is 0 Å². The quantitative estimate of drug-likeness (QED) is 0.101. The van der Waals surface area contributed by atoms with E-state index in [2.05, 4.69) is 38.4 Å². The molecule has 1 aromatic heterocycles. The van der Waals surface area contributed by atoms with E-state index in [1.54, 1.807) is 6.20 Å². The Hall–Kier alpha value is -7.07. The van der Waals surface area contributed by atoms with E-state index < -0.39 is 42.4 Å². The lowest BCUT2D eigenvalue weighted by Gasteiger charge is -2.23. The second-order valence-electron chi connectivity index (χ2n) is 13.9. The van der Waals surface area contributed by atoms with E-state index in [0.717, 1.165) is 55.8 Å². The summed E-state index contributed by atoms with van der Waals surface area (Å²) in [5.74, 6) is -1.69. The normalized spacial score (nSPS) is 12.6. The smallest absolute Gasteiger partial charge is 0.407 e. The minimum Gasteiger partial charge on any atom is -0.449 e. The van der Waals surface area contributed by atoms with Crippen molar-refractivity contribution in [1.82, 2.24) is 26.3 Å². The number of carbonyl (C=O) groups is 4. The molecule has 7 rings (SSSR count). The van der Waals surface area contributed by atoms with Gasteiger partial charge >= 0.3 is 6.09 Å². The Labute approximate surface area is 331 Å². The van der Waals surface area contributed by atoms with Crippen LogP contribution in [0.4, 0.5) is 4.79 Å². The van der Waals surface area contributed by atoms with E-state index in [4.69, 9.17) is 4.74 Å². The number of likely N-dealkylation sites (N-methyl/N-ethyl adjacent to an activating group) is 1. The highest BCUT2D eigenvalue weighted by molar-refractivity contribution is 5.93. The Morgan fingerprint density at radius 2 is 1.14 bits per heavy atom. The van der Waals surface area contributed by atoms with Gasteiger partial charge in [-0.1, -0.05) is 140 Å². The third-order valence-electron chi connectivity index (χ3n) is 10.1. The summed E-state index contributed by atoms with van der Waals surface area (Å²) in [7, 11) is 1.50. The van der Waals surface area contributed by atoms with Crippen molar-refractivity contribution < 1.29 is 23.9 Å². The fourth-order valence-corrected chi connectivity index (χ4v) is 7.17. The molecular weight excluding hydrogens is 715 g/mol. The third kappa shape index (κ3) is 9.42. The van der Waals surface area contributed by atoms with Crippen molar-refractivity contribution in [1.29, 1.82) is 0 Å². The molecule has 0 bridgehead atoms. The zero-order valence-corrected chi connectivity index (χ0v) is 31.5. The highest BCUT2D eigenvalue weighted by Crippen LogP contribution is 2.44. The average Bonchev–Trinajstić information content (AvgIpc) is 3.58. The van der Waals surface area contributed by atoms with E-state index in [-0.39, 0.29) is 25.4 Å². The lowest BCUT2D eigenvalue weighted by molar-refractivity contribution is -0.131. The predicted octanol–water partition coefficient (Wildman–Crippen LogP) is 6.46. The molecule has 4 N–H and O–H groups in total. The van der Waals surface area contributed by atoms with Gasteiger partial charge in [-0.25, -0.2) is 4.79 Å². The molecule has 286 valence electrons.